The molecular weight excluding hydrogens is 340 g/mol. The number of hydrogen-bond donors (Lipinski definition) is 3. The number of anilines is 3. The number of nitrogen functional groups attached to an aromatic ring is 1. The van der Waals surface area contributed by atoms with Gasteiger partial charge in [0.25, 0.3) is 0 Å². The third-order valence-electron chi connectivity index (χ3n) is 5.88. The van der Waals surface area contributed by atoms with E-state index in [-0.39, 0.29) is 5.60 Å². The van der Waals surface area contributed by atoms with Crippen molar-refractivity contribution in [3.05, 3.63) is 41.6 Å². The maximum atomic E-state index is 6.39. The Labute approximate surface area is 157 Å². The zero-order chi connectivity index (χ0) is 18.4. The number of nitrogens with one attached hydrogen (secondary N) is 2. The lowest BCUT2D eigenvalue weighted by molar-refractivity contribution is -0.0790. The van der Waals surface area contributed by atoms with Crippen molar-refractivity contribution in [2.75, 3.05) is 42.7 Å². The van der Waals surface area contributed by atoms with Gasteiger partial charge in [-0.15, -0.1) is 0 Å². The van der Waals surface area contributed by atoms with Crippen molar-refractivity contribution in [1.29, 1.82) is 0 Å². The number of fused-ring (bicyclic) bond motifs is 4. The number of hydrogen-bond acceptors (Lipinski definition) is 6. The third kappa shape index (κ3) is 2.61. The Hall–Kier alpha value is -2.80. The molecule has 7 nitrogen and oxygen atoms in total. The highest BCUT2D eigenvalue weighted by molar-refractivity contribution is 5.85. The van der Waals surface area contributed by atoms with Crippen molar-refractivity contribution in [2.24, 2.45) is 0 Å². The molecule has 0 aliphatic carbocycles. The van der Waals surface area contributed by atoms with Crippen molar-refractivity contribution in [1.82, 2.24) is 15.0 Å². The van der Waals surface area contributed by atoms with E-state index in [1.807, 2.05) is 13.1 Å². The van der Waals surface area contributed by atoms with Gasteiger partial charge in [0.1, 0.15) is 17.2 Å². The molecule has 5 rings (SSSR count). The van der Waals surface area contributed by atoms with E-state index >= 15 is 0 Å². The highest BCUT2D eigenvalue weighted by Crippen LogP contribution is 2.44. The minimum absolute atomic E-state index is 0.229. The van der Waals surface area contributed by atoms with E-state index in [1.165, 1.54) is 22.2 Å². The van der Waals surface area contributed by atoms with E-state index in [0.29, 0.717) is 5.95 Å². The zero-order valence-corrected chi connectivity index (χ0v) is 15.5. The fourth-order valence-corrected chi connectivity index (χ4v) is 4.50. The lowest BCUT2D eigenvalue weighted by Crippen LogP contribution is -2.47. The number of aromatic nitrogens is 3. The average molecular weight is 364 g/mol. The number of nitrogens with zero attached hydrogens (tertiary/aromatic N) is 3. The van der Waals surface area contributed by atoms with Crippen LogP contribution in [0.2, 0.25) is 0 Å². The molecule has 2 aromatic heterocycles. The van der Waals surface area contributed by atoms with Crippen LogP contribution >= 0.6 is 0 Å². The molecule has 4 heterocycles. The van der Waals surface area contributed by atoms with Gasteiger partial charge in [0, 0.05) is 37.1 Å². The molecule has 1 saturated heterocycles. The number of rotatable bonds is 2. The summed E-state index contributed by atoms with van der Waals surface area (Å²) in [5, 5.41) is 4.38. The SMILES string of the molecule is CNc1cc(N2CCC3(CC2)OCCc2c3[nH]c3ccccc23)nc(N)n1. The number of ether oxygens (including phenoxy) is 1. The van der Waals surface area contributed by atoms with Crippen LogP contribution in [0.3, 0.4) is 0 Å². The largest absolute Gasteiger partial charge is 0.373 e. The van der Waals surface area contributed by atoms with Gasteiger partial charge in [0.2, 0.25) is 5.95 Å². The molecule has 140 valence electrons. The van der Waals surface area contributed by atoms with Crippen molar-refractivity contribution >= 4 is 28.5 Å². The number of H-pyrrole nitrogens is 1. The quantitative estimate of drug-likeness (QED) is 0.647. The Bertz CT molecular complexity index is 989. The zero-order valence-electron chi connectivity index (χ0n) is 15.5. The van der Waals surface area contributed by atoms with E-state index < -0.39 is 0 Å². The van der Waals surface area contributed by atoms with Crippen LogP contribution in [0.25, 0.3) is 10.9 Å². The van der Waals surface area contributed by atoms with Gasteiger partial charge >= 0.3 is 0 Å². The van der Waals surface area contributed by atoms with Crippen LogP contribution < -0.4 is 16.0 Å². The van der Waals surface area contributed by atoms with Crippen LogP contribution in [0.5, 0.6) is 0 Å². The monoisotopic (exact) mass is 364 g/mol. The van der Waals surface area contributed by atoms with E-state index in [2.05, 4.69) is 49.4 Å². The summed E-state index contributed by atoms with van der Waals surface area (Å²) >= 11 is 0. The summed E-state index contributed by atoms with van der Waals surface area (Å²) in [6, 6.07) is 10.5. The van der Waals surface area contributed by atoms with Crippen molar-refractivity contribution < 1.29 is 4.74 Å². The molecule has 0 unspecified atom stereocenters. The first-order chi connectivity index (χ1) is 13.2. The molecule has 27 heavy (non-hydrogen) atoms. The van der Waals surface area contributed by atoms with Gasteiger partial charge in [0.05, 0.1) is 12.3 Å². The minimum Gasteiger partial charge on any atom is -0.373 e. The molecule has 1 fully saturated rings. The summed E-state index contributed by atoms with van der Waals surface area (Å²) in [7, 11) is 1.84. The molecule has 2 aliphatic rings. The maximum absolute atomic E-state index is 6.39. The second kappa shape index (κ2) is 6.13. The molecule has 0 saturated carbocycles. The molecule has 2 aliphatic heterocycles. The highest BCUT2D eigenvalue weighted by Gasteiger charge is 2.43. The predicted octanol–water partition coefficient (Wildman–Crippen LogP) is 2.65. The molecule has 3 aromatic rings. The van der Waals surface area contributed by atoms with Crippen molar-refractivity contribution in [3.63, 3.8) is 0 Å². The van der Waals surface area contributed by atoms with Gasteiger partial charge in [-0.2, -0.15) is 9.97 Å². The topological polar surface area (TPSA) is 92.1 Å². The second-order valence-electron chi connectivity index (χ2n) is 7.32. The predicted molar refractivity (Wildman–Crippen MR) is 107 cm³/mol. The first kappa shape index (κ1) is 16.4. The second-order valence-corrected chi connectivity index (χ2v) is 7.32. The summed E-state index contributed by atoms with van der Waals surface area (Å²) in [6.45, 7) is 2.52. The van der Waals surface area contributed by atoms with E-state index in [4.69, 9.17) is 10.5 Å². The number of benzene rings is 1. The van der Waals surface area contributed by atoms with Crippen molar-refractivity contribution in [3.8, 4) is 0 Å². The molecule has 0 amide bonds. The van der Waals surface area contributed by atoms with Crippen LogP contribution in [0, 0.1) is 0 Å². The van der Waals surface area contributed by atoms with Gasteiger partial charge in [-0.1, -0.05) is 18.2 Å². The first-order valence-electron chi connectivity index (χ1n) is 9.50. The maximum Gasteiger partial charge on any atom is 0.223 e. The van der Waals surface area contributed by atoms with Gasteiger partial charge in [-0.3, -0.25) is 0 Å². The average Bonchev–Trinajstić information content (AvgIpc) is 3.09. The van der Waals surface area contributed by atoms with Crippen LogP contribution in [-0.4, -0.2) is 41.7 Å². The Morgan fingerprint density at radius 2 is 2.04 bits per heavy atom. The summed E-state index contributed by atoms with van der Waals surface area (Å²) in [5.74, 6) is 1.91. The molecule has 1 spiro atoms. The minimum atomic E-state index is -0.229. The standard InChI is InChI=1S/C20H24N6O/c1-22-16-12-17(25-19(21)24-16)26-9-7-20(8-10-26)18-14(6-11-27-20)13-4-2-3-5-15(13)23-18/h2-5,12,23H,6-11H2,1H3,(H3,21,22,24,25). The Balaban J connectivity index is 1.45. The van der Waals surface area contributed by atoms with Gasteiger partial charge < -0.3 is 25.7 Å². The number of para-hydroxylation sites is 1. The van der Waals surface area contributed by atoms with Crippen LogP contribution in [-0.2, 0) is 16.8 Å². The molecule has 4 N–H and O–H groups in total. The number of aromatic amines is 1. The third-order valence-corrected chi connectivity index (χ3v) is 5.88. The van der Waals surface area contributed by atoms with Crippen LogP contribution in [0.15, 0.2) is 30.3 Å². The van der Waals surface area contributed by atoms with E-state index in [1.54, 1.807) is 0 Å². The fraction of sp³-hybridized carbons (Fsp3) is 0.400. The van der Waals surface area contributed by atoms with Gasteiger partial charge in [-0.05, 0) is 30.9 Å². The molecule has 7 heteroatoms. The summed E-state index contributed by atoms with van der Waals surface area (Å²) in [6.07, 6.45) is 2.82. The molecule has 0 radical (unpaired) electrons. The first-order valence-corrected chi connectivity index (χ1v) is 9.50. The fourth-order valence-electron chi connectivity index (χ4n) is 4.50. The Kier molecular flexibility index (Phi) is 3.72. The normalized spacial score (nSPS) is 18.6. The van der Waals surface area contributed by atoms with E-state index in [0.717, 1.165) is 50.6 Å². The van der Waals surface area contributed by atoms with Gasteiger partial charge in [0.15, 0.2) is 0 Å². The number of nitrogens with two attached hydrogens (primary N) is 1. The summed E-state index contributed by atoms with van der Waals surface area (Å²) < 4.78 is 6.39. The van der Waals surface area contributed by atoms with Crippen LogP contribution in [0.1, 0.15) is 24.1 Å². The Morgan fingerprint density at radius 3 is 2.85 bits per heavy atom. The molecule has 1 aromatic carbocycles. The van der Waals surface area contributed by atoms with E-state index in [9.17, 15) is 0 Å². The Morgan fingerprint density at radius 1 is 1.22 bits per heavy atom. The highest BCUT2D eigenvalue weighted by atomic mass is 16.5. The number of piperidine rings is 1. The molecule has 0 bridgehead atoms. The van der Waals surface area contributed by atoms with Gasteiger partial charge in [-0.25, -0.2) is 0 Å². The van der Waals surface area contributed by atoms with Crippen molar-refractivity contribution in [2.45, 2.75) is 24.9 Å². The lowest BCUT2D eigenvalue weighted by Gasteiger charge is -2.44. The molecular formula is C20H24N6O. The summed E-state index contributed by atoms with van der Waals surface area (Å²) in [5.41, 5.74) is 9.54. The smallest absolute Gasteiger partial charge is 0.223 e. The summed E-state index contributed by atoms with van der Waals surface area (Å²) in [4.78, 5) is 14.5. The molecule has 0 atom stereocenters. The lowest BCUT2D eigenvalue weighted by atomic mass is 9.83. The van der Waals surface area contributed by atoms with Crippen LogP contribution in [0.4, 0.5) is 17.6 Å².